The number of ether oxygens (including phenoxy) is 1. The molecule has 0 radical (unpaired) electrons. The Hall–Kier alpha value is -1.88. The van der Waals surface area contributed by atoms with E-state index in [1.54, 1.807) is 13.8 Å². The van der Waals surface area contributed by atoms with Crippen LogP contribution in [0.25, 0.3) is 0 Å². The van der Waals surface area contributed by atoms with E-state index in [4.69, 9.17) is 20.8 Å². The van der Waals surface area contributed by atoms with Gasteiger partial charge < -0.3 is 9.15 Å². The lowest BCUT2D eigenvalue weighted by atomic mass is 9.90. The zero-order chi connectivity index (χ0) is 15.7. The third kappa shape index (κ3) is 2.42. The van der Waals surface area contributed by atoms with Gasteiger partial charge in [-0.25, -0.2) is 4.79 Å². The number of carbonyl (C=O) groups excluding carboxylic acids is 3. The standard InChI is InChI=1S/C15H15ClO5/c1-4-6-8-10(16)12(18)14-9(11(8)17)7(3)13(21-14)15(19)20-5-2/h4-6H2,1-3H3. The highest BCUT2D eigenvalue weighted by Gasteiger charge is 2.38. The summed E-state index contributed by atoms with van der Waals surface area (Å²) in [5.41, 5.74) is 0.714. The maximum absolute atomic E-state index is 12.5. The Bertz CT molecular complexity index is 666. The molecule has 5 nitrogen and oxygen atoms in total. The van der Waals surface area contributed by atoms with Gasteiger partial charge in [0, 0.05) is 11.1 Å². The van der Waals surface area contributed by atoms with E-state index in [2.05, 4.69) is 0 Å². The third-order valence-electron chi connectivity index (χ3n) is 3.28. The summed E-state index contributed by atoms with van der Waals surface area (Å²) >= 11 is 5.97. The molecule has 1 aromatic rings. The first-order valence-corrected chi connectivity index (χ1v) is 7.10. The summed E-state index contributed by atoms with van der Waals surface area (Å²) in [6, 6.07) is 0. The number of fused-ring (bicyclic) bond motifs is 1. The summed E-state index contributed by atoms with van der Waals surface area (Å²) in [5, 5.41) is -0.126. The number of hydrogen-bond acceptors (Lipinski definition) is 5. The molecule has 0 bridgehead atoms. The van der Waals surface area contributed by atoms with Crippen LogP contribution in [-0.4, -0.2) is 24.1 Å². The molecule has 1 aromatic heterocycles. The monoisotopic (exact) mass is 310 g/mol. The van der Waals surface area contributed by atoms with Crippen LogP contribution in [0.15, 0.2) is 15.0 Å². The van der Waals surface area contributed by atoms with Crippen LogP contribution >= 0.6 is 11.6 Å². The van der Waals surface area contributed by atoms with Gasteiger partial charge in [-0.1, -0.05) is 24.9 Å². The van der Waals surface area contributed by atoms with Gasteiger partial charge in [-0.3, -0.25) is 9.59 Å². The first-order chi connectivity index (χ1) is 9.93. The molecule has 0 N–H and O–H groups in total. The second kappa shape index (κ2) is 5.85. The minimum absolute atomic E-state index is 0.120. The normalized spacial score (nSPS) is 14.5. The Morgan fingerprint density at radius 2 is 1.90 bits per heavy atom. The van der Waals surface area contributed by atoms with Crippen LogP contribution in [0.2, 0.25) is 0 Å². The highest BCUT2D eigenvalue weighted by atomic mass is 35.5. The second-order valence-corrected chi connectivity index (χ2v) is 5.06. The molecule has 6 heteroatoms. The highest BCUT2D eigenvalue weighted by molar-refractivity contribution is 6.49. The number of esters is 1. The smallest absolute Gasteiger partial charge is 0.374 e. The van der Waals surface area contributed by atoms with Gasteiger partial charge in [0.05, 0.1) is 17.2 Å². The van der Waals surface area contributed by atoms with E-state index in [9.17, 15) is 14.4 Å². The highest BCUT2D eigenvalue weighted by Crippen LogP contribution is 2.35. The lowest BCUT2D eigenvalue weighted by Gasteiger charge is -2.13. The second-order valence-electron chi connectivity index (χ2n) is 4.68. The molecule has 0 unspecified atom stereocenters. The van der Waals surface area contributed by atoms with Crippen LogP contribution in [0.3, 0.4) is 0 Å². The van der Waals surface area contributed by atoms with Crippen LogP contribution in [0, 0.1) is 6.92 Å². The van der Waals surface area contributed by atoms with Crippen LogP contribution < -0.4 is 0 Å². The minimum atomic E-state index is -0.696. The molecule has 1 aliphatic rings. The van der Waals surface area contributed by atoms with Crippen molar-refractivity contribution in [2.24, 2.45) is 0 Å². The maximum atomic E-state index is 12.5. The molecule has 0 aromatic carbocycles. The fraction of sp³-hybridized carbons (Fsp3) is 0.400. The lowest BCUT2D eigenvalue weighted by Crippen LogP contribution is -2.19. The van der Waals surface area contributed by atoms with E-state index in [1.165, 1.54) is 0 Å². The van der Waals surface area contributed by atoms with Crippen molar-refractivity contribution >= 4 is 29.1 Å². The van der Waals surface area contributed by atoms with Crippen molar-refractivity contribution in [3.8, 4) is 0 Å². The third-order valence-corrected chi connectivity index (χ3v) is 3.68. The van der Waals surface area contributed by atoms with Crippen molar-refractivity contribution in [2.45, 2.75) is 33.6 Å². The molecule has 0 atom stereocenters. The van der Waals surface area contributed by atoms with E-state index in [0.29, 0.717) is 18.4 Å². The lowest BCUT2D eigenvalue weighted by molar-refractivity contribution is 0.0487. The average molecular weight is 311 g/mol. The fourth-order valence-electron chi connectivity index (χ4n) is 2.30. The van der Waals surface area contributed by atoms with Crippen LogP contribution in [0.4, 0.5) is 0 Å². The zero-order valence-corrected chi connectivity index (χ0v) is 12.8. The Balaban J connectivity index is 2.56. The molecular formula is C15H15ClO5. The average Bonchev–Trinajstić information content (AvgIpc) is 2.79. The van der Waals surface area contributed by atoms with E-state index in [1.807, 2.05) is 6.92 Å². The molecule has 0 saturated heterocycles. The van der Waals surface area contributed by atoms with Crippen molar-refractivity contribution in [2.75, 3.05) is 6.61 Å². The van der Waals surface area contributed by atoms with Crippen molar-refractivity contribution in [3.05, 3.63) is 33.3 Å². The van der Waals surface area contributed by atoms with Crippen molar-refractivity contribution in [1.82, 2.24) is 0 Å². The van der Waals surface area contributed by atoms with Gasteiger partial charge in [0.1, 0.15) is 0 Å². The molecule has 0 spiro atoms. The Morgan fingerprint density at radius 1 is 1.24 bits per heavy atom. The largest absolute Gasteiger partial charge is 0.460 e. The summed E-state index contributed by atoms with van der Waals surface area (Å²) < 4.78 is 10.1. The minimum Gasteiger partial charge on any atom is -0.460 e. The predicted octanol–water partition coefficient (Wildman–Crippen LogP) is 3.44. The number of carbonyl (C=O) groups is 3. The topological polar surface area (TPSA) is 73.6 Å². The van der Waals surface area contributed by atoms with Crippen LogP contribution in [-0.2, 0) is 4.74 Å². The van der Waals surface area contributed by atoms with E-state index in [-0.39, 0.29) is 40.1 Å². The van der Waals surface area contributed by atoms with Gasteiger partial charge in [0.15, 0.2) is 11.5 Å². The van der Waals surface area contributed by atoms with E-state index < -0.39 is 11.8 Å². The first-order valence-electron chi connectivity index (χ1n) is 6.72. The van der Waals surface area contributed by atoms with Gasteiger partial charge in [-0.05, 0) is 20.3 Å². The predicted molar refractivity (Wildman–Crippen MR) is 75.8 cm³/mol. The quantitative estimate of drug-likeness (QED) is 0.796. The van der Waals surface area contributed by atoms with Crippen LogP contribution in [0.1, 0.15) is 63.7 Å². The summed E-state index contributed by atoms with van der Waals surface area (Å²) in [5.74, 6) is -1.91. The summed E-state index contributed by atoms with van der Waals surface area (Å²) in [7, 11) is 0. The van der Waals surface area contributed by atoms with Crippen molar-refractivity contribution in [1.29, 1.82) is 0 Å². The zero-order valence-electron chi connectivity index (χ0n) is 12.0. The summed E-state index contributed by atoms with van der Waals surface area (Å²) in [4.78, 5) is 36.5. The van der Waals surface area contributed by atoms with Crippen LogP contribution in [0.5, 0.6) is 0 Å². The van der Waals surface area contributed by atoms with Crippen molar-refractivity contribution < 1.29 is 23.5 Å². The number of hydrogen-bond donors (Lipinski definition) is 0. The molecule has 0 fully saturated rings. The van der Waals surface area contributed by atoms with Gasteiger partial charge in [-0.2, -0.15) is 0 Å². The Morgan fingerprint density at radius 3 is 2.48 bits per heavy atom. The van der Waals surface area contributed by atoms with Gasteiger partial charge in [0.25, 0.3) is 0 Å². The number of halogens is 1. The number of ketones is 2. The molecule has 0 saturated carbocycles. The summed E-state index contributed by atoms with van der Waals surface area (Å²) in [6.45, 7) is 5.27. The Labute approximate surface area is 126 Å². The van der Waals surface area contributed by atoms with E-state index in [0.717, 1.165) is 0 Å². The summed E-state index contributed by atoms with van der Waals surface area (Å²) in [6.07, 6.45) is 1.09. The SMILES string of the molecule is CCCC1=C(Cl)C(=O)c2oc(C(=O)OCC)c(C)c2C1=O. The van der Waals surface area contributed by atoms with Crippen molar-refractivity contribution in [3.63, 3.8) is 0 Å². The van der Waals surface area contributed by atoms with Gasteiger partial charge in [-0.15, -0.1) is 0 Å². The Kier molecular flexibility index (Phi) is 4.32. The molecule has 1 heterocycles. The number of furan rings is 1. The van der Waals surface area contributed by atoms with Gasteiger partial charge in [0.2, 0.25) is 11.5 Å². The fourth-order valence-corrected chi connectivity index (χ4v) is 2.56. The molecule has 21 heavy (non-hydrogen) atoms. The van der Waals surface area contributed by atoms with Gasteiger partial charge >= 0.3 is 5.97 Å². The molecule has 0 aliphatic heterocycles. The number of Topliss-reactive ketones (excluding diaryl/α,β-unsaturated/α-hetero) is 2. The first kappa shape index (κ1) is 15.5. The number of rotatable bonds is 4. The molecule has 112 valence electrons. The maximum Gasteiger partial charge on any atom is 0.374 e. The molecule has 0 amide bonds. The molecule has 2 rings (SSSR count). The van der Waals surface area contributed by atoms with E-state index >= 15 is 0 Å². The number of allylic oxidation sites excluding steroid dienone is 2. The molecular weight excluding hydrogens is 296 g/mol. The molecule has 1 aliphatic carbocycles.